The molecule has 0 radical (unpaired) electrons. The van der Waals surface area contributed by atoms with Crippen molar-refractivity contribution in [2.45, 2.75) is 25.5 Å². The maximum Gasteiger partial charge on any atom is 0.121 e. The Balaban J connectivity index is 2.58. The molecule has 0 fully saturated rings. The number of halogens is 1. The van der Waals surface area contributed by atoms with Crippen molar-refractivity contribution >= 4 is 11.6 Å². The fraction of sp³-hybridized carbons (Fsp3) is 0.333. The van der Waals surface area contributed by atoms with Gasteiger partial charge in [0.15, 0.2) is 0 Å². The van der Waals surface area contributed by atoms with Crippen molar-refractivity contribution in [3.8, 4) is 18.1 Å². The topological polar surface area (TPSA) is 35.2 Å². The molecule has 1 aromatic carbocycles. The first kappa shape index (κ1) is 11.9. The van der Waals surface area contributed by atoms with Crippen LogP contribution in [0, 0.1) is 12.3 Å². The molecule has 0 saturated carbocycles. The van der Waals surface area contributed by atoms with E-state index < -0.39 is 0 Å². The van der Waals surface area contributed by atoms with Crippen molar-refractivity contribution in [3.05, 3.63) is 29.3 Å². The minimum atomic E-state index is -0.158. The Labute approximate surface area is 95.4 Å². The number of hydrogen-bond donors (Lipinski definition) is 1. The lowest BCUT2D eigenvalue weighted by atomic mass is 10.1. The van der Waals surface area contributed by atoms with Crippen LogP contribution in [0.4, 0.5) is 0 Å². The molecule has 3 heteroatoms. The number of hydrogen-bond acceptors (Lipinski definition) is 2. The summed E-state index contributed by atoms with van der Waals surface area (Å²) >= 11 is 5.83. The third-order valence-corrected chi connectivity index (χ3v) is 2.31. The highest BCUT2D eigenvalue weighted by molar-refractivity contribution is 6.30. The van der Waals surface area contributed by atoms with Crippen LogP contribution in [-0.4, -0.2) is 12.1 Å². The van der Waals surface area contributed by atoms with Crippen molar-refractivity contribution in [1.29, 1.82) is 0 Å². The zero-order valence-corrected chi connectivity index (χ0v) is 9.37. The van der Waals surface area contributed by atoms with Crippen molar-refractivity contribution in [2.24, 2.45) is 5.73 Å². The molecule has 15 heavy (non-hydrogen) atoms. The van der Waals surface area contributed by atoms with Gasteiger partial charge in [-0.2, -0.15) is 0 Å². The van der Waals surface area contributed by atoms with E-state index in [0.717, 1.165) is 0 Å². The Bertz CT molecular complexity index is 359. The minimum absolute atomic E-state index is 0.125. The number of nitrogens with two attached hydrogens (primary N) is 1. The average Bonchev–Trinajstić information content (AvgIpc) is 2.18. The predicted octanol–water partition coefficient (Wildman–Crippen LogP) is 2.46. The molecule has 0 bridgehead atoms. The van der Waals surface area contributed by atoms with Crippen molar-refractivity contribution < 1.29 is 4.74 Å². The van der Waals surface area contributed by atoms with E-state index in [1.54, 1.807) is 12.1 Å². The van der Waals surface area contributed by atoms with Crippen molar-refractivity contribution in [3.63, 3.8) is 0 Å². The van der Waals surface area contributed by atoms with Crippen LogP contribution in [-0.2, 0) is 0 Å². The summed E-state index contributed by atoms with van der Waals surface area (Å²) in [7, 11) is 0. The number of ether oxygens (including phenoxy) is 1. The maximum atomic E-state index is 5.83. The molecule has 0 aliphatic carbocycles. The summed E-state index contributed by atoms with van der Waals surface area (Å²) in [6.45, 7) is 1.89. The van der Waals surface area contributed by atoms with Crippen LogP contribution in [0.5, 0.6) is 5.75 Å². The molecule has 0 aromatic heterocycles. The lowest BCUT2D eigenvalue weighted by Gasteiger charge is -2.19. The van der Waals surface area contributed by atoms with E-state index in [9.17, 15) is 0 Å². The summed E-state index contributed by atoms with van der Waals surface area (Å²) in [4.78, 5) is 0. The normalized spacial score (nSPS) is 14.0. The zero-order valence-electron chi connectivity index (χ0n) is 8.61. The van der Waals surface area contributed by atoms with E-state index >= 15 is 0 Å². The molecule has 2 N–H and O–H groups in total. The van der Waals surface area contributed by atoms with E-state index in [1.165, 1.54) is 0 Å². The summed E-state index contributed by atoms with van der Waals surface area (Å²) < 4.78 is 5.60. The first-order chi connectivity index (χ1) is 7.13. The largest absolute Gasteiger partial charge is 0.489 e. The van der Waals surface area contributed by atoms with Crippen molar-refractivity contribution in [1.82, 2.24) is 0 Å². The van der Waals surface area contributed by atoms with Crippen molar-refractivity contribution in [2.75, 3.05) is 0 Å². The third kappa shape index (κ3) is 3.83. The second-order valence-electron chi connectivity index (χ2n) is 3.35. The van der Waals surface area contributed by atoms with Gasteiger partial charge in [-0.25, -0.2) is 0 Å². The molecule has 2 atom stereocenters. The highest BCUT2D eigenvalue weighted by Crippen LogP contribution is 2.19. The van der Waals surface area contributed by atoms with Gasteiger partial charge in [0, 0.05) is 11.4 Å². The van der Waals surface area contributed by atoms with E-state index in [2.05, 4.69) is 5.92 Å². The Morgan fingerprint density at radius 3 is 2.93 bits per heavy atom. The molecule has 1 aromatic rings. The van der Waals surface area contributed by atoms with Crippen LogP contribution in [0.15, 0.2) is 24.3 Å². The van der Waals surface area contributed by atoms with Crippen LogP contribution < -0.4 is 10.5 Å². The van der Waals surface area contributed by atoms with Gasteiger partial charge in [-0.3, -0.25) is 0 Å². The van der Waals surface area contributed by atoms with Gasteiger partial charge in [0.05, 0.1) is 6.04 Å². The predicted molar refractivity (Wildman–Crippen MR) is 63.0 cm³/mol. The monoisotopic (exact) mass is 223 g/mol. The van der Waals surface area contributed by atoms with Gasteiger partial charge >= 0.3 is 0 Å². The SMILES string of the molecule is C#CCC(N)C(C)Oc1cccc(Cl)c1. The first-order valence-corrected chi connectivity index (χ1v) is 5.12. The van der Waals surface area contributed by atoms with E-state index in [4.69, 9.17) is 28.5 Å². The summed E-state index contributed by atoms with van der Waals surface area (Å²) in [5.41, 5.74) is 5.81. The lowest BCUT2D eigenvalue weighted by Crippen LogP contribution is -2.36. The Morgan fingerprint density at radius 2 is 2.33 bits per heavy atom. The third-order valence-electron chi connectivity index (χ3n) is 2.07. The maximum absolute atomic E-state index is 5.83. The molecule has 80 valence electrons. The molecule has 0 spiro atoms. The molecule has 0 saturated heterocycles. The summed E-state index contributed by atoms with van der Waals surface area (Å²) in [6, 6.07) is 7.05. The molecule has 1 rings (SSSR count). The minimum Gasteiger partial charge on any atom is -0.489 e. The molecule has 0 heterocycles. The van der Waals surface area contributed by atoms with Crippen LogP contribution in [0.1, 0.15) is 13.3 Å². The molecule has 2 nitrogen and oxygen atoms in total. The quantitative estimate of drug-likeness (QED) is 0.796. The van der Waals surface area contributed by atoms with Gasteiger partial charge in [0.25, 0.3) is 0 Å². The van der Waals surface area contributed by atoms with Gasteiger partial charge < -0.3 is 10.5 Å². The standard InChI is InChI=1S/C12H14ClNO/c1-3-5-12(14)9(2)15-11-7-4-6-10(13)8-11/h1,4,6-9,12H,5,14H2,2H3. The summed E-state index contributed by atoms with van der Waals surface area (Å²) in [5.74, 6) is 3.23. The lowest BCUT2D eigenvalue weighted by molar-refractivity contribution is 0.191. The van der Waals surface area contributed by atoms with E-state index in [0.29, 0.717) is 17.2 Å². The Hall–Kier alpha value is -1.17. The van der Waals surface area contributed by atoms with Gasteiger partial charge in [-0.15, -0.1) is 12.3 Å². The first-order valence-electron chi connectivity index (χ1n) is 4.74. The summed E-state index contributed by atoms with van der Waals surface area (Å²) in [5, 5.41) is 0.644. The van der Waals surface area contributed by atoms with Crippen LogP contribution in [0.3, 0.4) is 0 Å². The molecular weight excluding hydrogens is 210 g/mol. The summed E-state index contributed by atoms with van der Waals surface area (Å²) in [6.07, 6.45) is 5.55. The molecule has 0 aliphatic heterocycles. The molecule has 0 aliphatic rings. The zero-order chi connectivity index (χ0) is 11.3. The van der Waals surface area contributed by atoms with E-state index in [-0.39, 0.29) is 12.1 Å². The number of rotatable bonds is 4. The smallest absolute Gasteiger partial charge is 0.121 e. The second-order valence-corrected chi connectivity index (χ2v) is 3.79. The van der Waals surface area contributed by atoms with Gasteiger partial charge in [-0.1, -0.05) is 17.7 Å². The van der Waals surface area contributed by atoms with Gasteiger partial charge in [0.2, 0.25) is 0 Å². The van der Waals surface area contributed by atoms with Gasteiger partial charge in [-0.05, 0) is 25.1 Å². The Kier molecular flexibility index (Phi) is 4.48. The Morgan fingerprint density at radius 1 is 1.60 bits per heavy atom. The molecule has 2 unspecified atom stereocenters. The van der Waals surface area contributed by atoms with Crippen LogP contribution in [0.25, 0.3) is 0 Å². The van der Waals surface area contributed by atoms with Gasteiger partial charge in [0.1, 0.15) is 11.9 Å². The average molecular weight is 224 g/mol. The number of benzene rings is 1. The highest BCUT2D eigenvalue weighted by atomic mass is 35.5. The molecule has 0 amide bonds. The fourth-order valence-electron chi connectivity index (χ4n) is 1.14. The van der Waals surface area contributed by atoms with Crippen LogP contribution >= 0.6 is 11.6 Å². The van der Waals surface area contributed by atoms with Crippen LogP contribution in [0.2, 0.25) is 5.02 Å². The molecular formula is C12H14ClNO. The van der Waals surface area contributed by atoms with E-state index in [1.807, 2.05) is 19.1 Å². The highest BCUT2D eigenvalue weighted by Gasteiger charge is 2.13. The fourth-order valence-corrected chi connectivity index (χ4v) is 1.32. The second kappa shape index (κ2) is 5.65. The number of terminal acetylenes is 1.